The third kappa shape index (κ3) is 1.83. The number of rotatable bonds is 1. The largest absolute Gasteiger partial charge is 0.351 e. The lowest BCUT2D eigenvalue weighted by Crippen LogP contribution is -2.24. The third-order valence-corrected chi connectivity index (χ3v) is 2.54. The molecule has 14 heavy (non-hydrogen) atoms. The van der Waals surface area contributed by atoms with Crippen LogP contribution in [0.5, 0.6) is 0 Å². The Morgan fingerprint density at radius 2 is 2.00 bits per heavy atom. The lowest BCUT2D eigenvalue weighted by Gasteiger charge is -2.25. The second-order valence-corrected chi connectivity index (χ2v) is 3.62. The van der Waals surface area contributed by atoms with E-state index in [1.54, 1.807) is 0 Å². The predicted molar refractivity (Wildman–Crippen MR) is 44.9 cm³/mol. The van der Waals surface area contributed by atoms with E-state index in [0.717, 1.165) is 0 Å². The van der Waals surface area contributed by atoms with Crippen LogP contribution in [0.25, 0.3) is 0 Å². The van der Waals surface area contributed by atoms with Gasteiger partial charge in [-0.2, -0.15) is 4.98 Å². The second kappa shape index (κ2) is 3.18. The van der Waals surface area contributed by atoms with Crippen LogP contribution in [0.15, 0.2) is 4.52 Å². The summed E-state index contributed by atoms with van der Waals surface area (Å²) in [6.07, 6.45) is 0.580. The van der Waals surface area contributed by atoms with Crippen LogP contribution in [0.3, 0.4) is 0 Å². The molecule has 0 atom stereocenters. The number of hydrogen-bond acceptors (Lipinski definition) is 4. The Balaban J connectivity index is 2.02. The van der Waals surface area contributed by atoms with Gasteiger partial charge in [0.15, 0.2) is 5.82 Å². The summed E-state index contributed by atoms with van der Waals surface area (Å²) in [5.74, 6) is -2.10. The van der Waals surface area contributed by atoms with E-state index >= 15 is 0 Å². The molecule has 1 aromatic rings. The Morgan fingerprint density at radius 1 is 1.36 bits per heavy atom. The standard InChI is InChI=1S/C8H11F2N3O/c9-8(10)3-1-5(2-4-8)6-12-7(11)14-13-6/h5H,1-4H2,(H2,11,12,13). The first-order chi connectivity index (χ1) is 6.57. The molecule has 0 unspecified atom stereocenters. The van der Waals surface area contributed by atoms with Crippen molar-refractivity contribution in [2.45, 2.75) is 37.5 Å². The van der Waals surface area contributed by atoms with Crippen LogP contribution >= 0.6 is 0 Å². The first-order valence-electron chi connectivity index (χ1n) is 4.54. The molecule has 1 aliphatic carbocycles. The molecular formula is C8H11F2N3O. The van der Waals surface area contributed by atoms with Gasteiger partial charge < -0.3 is 10.3 Å². The summed E-state index contributed by atoms with van der Waals surface area (Å²) in [6, 6.07) is -0.00247. The number of nitrogens with two attached hydrogens (primary N) is 1. The molecule has 0 aromatic carbocycles. The van der Waals surface area contributed by atoms with Crippen molar-refractivity contribution < 1.29 is 13.3 Å². The summed E-state index contributed by atoms with van der Waals surface area (Å²) >= 11 is 0. The number of aromatic nitrogens is 2. The maximum Gasteiger partial charge on any atom is 0.318 e. The van der Waals surface area contributed by atoms with E-state index in [9.17, 15) is 8.78 Å². The molecule has 0 amide bonds. The van der Waals surface area contributed by atoms with Gasteiger partial charge in [-0.25, -0.2) is 8.78 Å². The quantitative estimate of drug-likeness (QED) is 0.757. The van der Waals surface area contributed by atoms with Crippen molar-refractivity contribution in [3.05, 3.63) is 5.82 Å². The zero-order valence-electron chi connectivity index (χ0n) is 7.54. The molecule has 6 heteroatoms. The molecule has 2 rings (SSSR count). The topological polar surface area (TPSA) is 64.9 Å². The monoisotopic (exact) mass is 203 g/mol. The fourth-order valence-corrected chi connectivity index (χ4v) is 1.71. The Hall–Kier alpha value is -1.20. The van der Waals surface area contributed by atoms with Gasteiger partial charge in [0.1, 0.15) is 0 Å². The van der Waals surface area contributed by atoms with Gasteiger partial charge in [-0.1, -0.05) is 5.16 Å². The lowest BCUT2D eigenvalue weighted by atomic mass is 9.86. The first-order valence-corrected chi connectivity index (χ1v) is 4.54. The number of nitrogen functional groups attached to an aromatic ring is 1. The summed E-state index contributed by atoms with van der Waals surface area (Å²) in [5.41, 5.74) is 5.25. The van der Waals surface area contributed by atoms with E-state index in [0.29, 0.717) is 18.7 Å². The Bertz CT molecular complexity index is 316. The molecule has 0 aliphatic heterocycles. The predicted octanol–water partition coefficient (Wildman–Crippen LogP) is 1.94. The van der Waals surface area contributed by atoms with E-state index in [-0.39, 0.29) is 24.8 Å². The highest BCUT2D eigenvalue weighted by Crippen LogP contribution is 2.39. The molecule has 1 fully saturated rings. The van der Waals surface area contributed by atoms with Crippen molar-refractivity contribution in [1.82, 2.24) is 10.1 Å². The number of nitrogens with zero attached hydrogens (tertiary/aromatic N) is 2. The van der Waals surface area contributed by atoms with Crippen LogP contribution in [-0.2, 0) is 0 Å². The molecule has 1 aliphatic rings. The number of anilines is 1. The summed E-state index contributed by atoms with van der Waals surface area (Å²) in [7, 11) is 0. The van der Waals surface area contributed by atoms with Gasteiger partial charge in [0.05, 0.1) is 0 Å². The van der Waals surface area contributed by atoms with E-state index < -0.39 is 5.92 Å². The Morgan fingerprint density at radius 3 is 2.50 bits per heavy atom. The zero-order chi connectivity index (χ0) is 10.2. The van der Waals surface area contributed by atoms with Crippen molar-refractivity contribution in [2.75, 3.05) is 5.73 Å². The molecule has 78 valence electrons. The summed E-state index contributed by atoms with van der Waals surface area (Å²) in [4.78, 5) is 3.84. The first kappa shape index (κ1) is 9.36. The van der Waals surface area contributed by atoms with E-state index in [1.807, 2.05) is 0 Å². The van der Waals surface area contributed by atoms with Crippen molar-refractivity contribution >= 4 is 6.01 Å². The molecule has 0 radical (unpaired) electrons. The molecule has 2 N–H and O–H groups in total. The molecule has 4 nitrogen and oxygen atoms in total. The van der Waals surface area contributed by atoms with Crippen LogP contribution in [0.2, 0.25) is 0 Å². The van der Waals surface area contributed by atoms with Crippen LogP contribution in [0, 0.1) is 0 Å². The minimum Gasteiger partial charge on any atom is -0.351 e. The normalized spacial score (nSPS) is 22.4. The highest BCUT2D eigenvalue weighted by atomic mass is 19.3. The van der Waals surface area contributed by atoms with Crippen molar-refractivity contribution in [1.29, 1.82) is 0 Å². The van der Waals surface area contributed by atoms with Crippen LogP contribution in [0.4, 0.5) is 14.8 Å². The second-order valence-electron chi connectivity index (χ2n) is 3.62. The number of hydrogen-bond donors (Lipinski definition) is 1. The van der Waals surface area contributed by atoms with Crippen molar-refractivity contribution in [2.24, 2.45) is 0 Å². The van der Waals surface area contributed by atoms with Gasteiger partial charge in [-0.3, -0.25) is 0 Å². The van der Waals surface area contributed by atoms with Crippen molar-refractivity contribution in [3.63, 3.8) is 0 Å². The number of halogens is 2. The fourth-order valence-electron chi connectivity index (χ4n) is 1.71. The molecule has 0 saturated heterocycles. The maximum atomic E-state index is 12.8. The lowest BCUT2D eigenvalue weighted by molar-refractivity contribution is -0.0389. The van der Waals surface area contributed by atoms with Crippen LogP contribution in [-0.4, -0.2) is 16.1 Å². The summed E-state index contributed by atoms with van der Waals surface area (Å²) in [6.45, 7) is 0. The van der Waals surface area contributed by atoms with Gasteiger partial charge in [-0.15, -0.1) is 0 Å². The van der Waals surface area contributed by atoms with E-state index in [1.165, 1.54) is 0 Å². The molecule has 1 saturated carbocycles. The van der Waals surface area contributed by atoms with Gasteiger partial charge >= 0.3 is 6.01 Å². The van der Waals surface area contributed by atoms with Crippen LogP contribution in [0.1, 0.15) is 37.4 Å². The highest BCUT2D eigenvalue weighted by Gasteiger charge is 2.36. The minimum atomic E-state index is -2.52. The molecule has 0 bridgehead atoms. The molecule has 1 heterocycles. The maximum absolute atomic E-state index is 12.8. The molecule has 0 spiro atoms. The van der Waals surface area contributed by atoms with E-state index in [2.05, 4.69) is 14.7 Å². The summed E-state index contributed by atoms with van der Waals surface area (Å²) < 4.78 is 30.2. The Kier molecular flexibility index (Phi) is 2.13. The fraction of sp³-hybridized carbons (Fsp3) is 0.750. The van der Waals surface area contributed by atoms with Gasteiger partial charge in [-0.05, 0) is 12.8 Å². The van der Waals surface area contributed by atoms with Gasteiger partial charge in [0.25, 0.3) is 0 Å². The van der Waals surface area contributed by atoms with E-state index in [4.69, 9.17) is 5.73 Å². The molecular weight excluding hydrogens is 192 g/mol. The van der Waals surface area contributed by atoms with Gasteiger partial charge in [0, 0.05) is 18.8 Å². The summed E-state index contributed by atoms with van der Waals surface area (Å²) in [5, 5.41) is 3.63. The van der Waals surface area contributed by atoms with Crippen molar-refractivity contribution in [3.8, 4) is 0 Å². The smallest absolute Gasteiger partial charge is 0.318 e. The Labute approximate surface area is 79.5 Å². The highest BCUT2D eigenvalue weighted by molar-refractivity contribution is 5.10. The molecule has 1 aromatic heterocycles. The third-order valence-electron chi connectivity index (χ3n) is 2.54. The number of alkyl halides is 2. The minimum absolute atomic E-state index is 0.00247. The van der Waals surface area contributed by atoms with Gasteiger partial charge in [0.2, 0.25) is 5.92 Å². The van der Waals surface area contributed by atoms with Crippen LogP contribution < -0.4 is 5.73 Å². The zero-order valence-corrected chi connectivity index (χ0v) is 7.54. The average molecular weight is 203 g/mol. The average Bonchev–Trinajstić information content (AvgIpc) is 2.52. The SMILES string of the molecule is Nc1nc(C2CCC(F)(F)CC2)no1.